The van der Waals surface area contributed by atoms with Gasteiger partial charge in [0.15, 0.2) is 5.01 Å². The molecule has 0 aromatic carbocycles. The monoisotopic (exact) mass is 226 g/mol. The summed E-state index contributed by atoms with van der Waals surface area (Å²) < 4.78 is 5.57. The van der Waals surface area contributed by atoms with Crippen molar-refractivity contribution < 1.29 is 9.53 Å². The first-order valence-corrected chi connectivity index (χ1v) is 5.89. The van der Waals surface area contributed by atoms with Crippen molar-refractivity contribution in [3.8, 4) is 0 Å². The first kappa shape index (κ1) is 10.6. The third-order valence-corrected chi connectivity index (χ3v) is 3.08. The lowest BCUT2D eigenvalue weighted by molar-refractivity contribution is -0.0586. The van der Waals surface area contributed by atoms with E-state index in [1.165, 1.54) is 11.3 Å². The first-order valence-electron chi connectivity index (χ1n) is 5.01. The first-order chi connectivity index (χ1) is 7.16. The highest BCUT2D eigenvalue weighted by Crippen LogP contribution is 2.15. The molecule has 0 N–H and O–H groups in total. The van der Waals surface area contributed by atoms with E-state index in [0.29, 0.717) is 18.1 Å². The normalized spacial score (nSPS) is 26.7. The van der Waals surface area contributed by atoms with Crippen molar-refractivity contribution in [2.45, 2.75) is 26.1 Å². The van der Waals surface area contributed by atoms with E-state index < -0.39 is 0 Å². The zero-order valence-electron chi connectivity index (χ0n) is 8.84. The number of amides is 1. The van der Waals surface area contributed by atoms with Gasteiger partial charge in [-0.25, -0.2) is 4.98 Å². The molecule has 1 aromatic rings. The fraction of sp³-hybridized carbons (Fsp3) is 0.600. The average molecular weight is 226 g/mol. The van der Waals surface area contributed by atoms with Crippen molar-refractivity contribution in [3.05, 3.63) is 16.6 Å². The van der Waals surface area contributed by atoms with Crippen LogP contribution in [-0.4, -0.2) is 41.1 Å². The van der Waals surface area contributed by atoms with Gasteiger partial charge in [0, 0.05) is 24.7 Å². The summed E-state index contributed by atoms with van der Waals surface area (Å²) in [4.78, 5) is 17.8. The Labute approximate surface area is 92.9 Å². The lowest BCUT2D eigenvalue weighted by Gasteiger charge is -2.34. The Morgan fingerprint density at radius 3 is 2.73 bits per heavy atom. The van der Waals surface area contributed by atoms with Crippen molar-refractivity contribution in [2.24, 2.45) is 0 Å². The van der Waals surface area contributed by atoms with Gasteiger partial charge in [-0.15, -0.1) is 11.3 Å². The summed E-state index contributed by atoms with van der Waals surface area (Å²) in [5.74, 6) is 0.0204. The predicted molar refractivity (Wildman–Crippen MR) is 58.0 cm³/mol. The Morgan fingerprint density at radius 2 is 2.20 bits per heavy atom. The molecule has 1 fully saturated rings. The molecular formula is C10H14N2O2S. The van der Waals surface area contributed by atoms with Gasteiger partial charge >= 0.3 is 0 Å². The van der Waals surface area contributed by atoms with Crippen LogP contribution in [0.2, 0.25) is 0 Å². The Hall–Kier alpha value is -0.940. The molecule has 82 valence electrons. The van der Waals surface area contributed by atoms with E-state index in [2.05, 4.69) is 4.98 Å². The molecule has 15 heavy (non-hydrogen) atoms. The number of carbonyl (C=O) groups is 1. The molecule has 2 rings (SSSR count). The maximum atomic E-state index is 12.0. The van der Waals surface area contributed by atoms with Crippen LogP contribution in [0.25, 0.3) is 0 Å². The fourth-order valence-corrected chi connectivity index (χ4v) is 2.41. The van der Waals surface area contributed by atoms with Gasteiger partial charge in [-0.1, -0.05) is 0 Å². The topological polar surface area (TPSA) is 42.4 Å². The van der Waals surface area contributed by atoms with Gasteiger partial charge in [-0.05, 0) is 13.8 Å². The van der Waals surface area contributed by atoms with Gasteiger partial charge in [0.1, 0.15) is 0 Å². The molecule has 0 bridgehead atoms. The van der Waals surface area contributed by atoms with Crippen LogP contribution in [0, 0.1) is 0 Å². The highest BCUT2D eigenvalue weighted by molar-refractivity contribution is 7.11. The number of carbonyl (C=O) groups excluding carboxylic acids is 1. The van der Waals surface area contributed by atoms with Crippen molar-refractivity contribution in [3.63, 3.8) is 0 Å². The highest BCUT2D eigenvalue weighted by atomic mass is 32.1. The van der Waals surface area contributed by atoms with E-state index in [0.717, 1.165) is 0 Å². The van der Waals surface area contributed by atoms with Gasteiger partial charge in [0.2, 0.25) is 0 Å². The third-order valence-electron chi connectivity index (χ3n) is 2.32. The van der Waals surface area contributed by atoms with E-state index in [-0.39, 0.29) is 18.1 Å². The van der Waals surface area contributed by atoms with Gasteiger partial charge < -0.3 is 9.64 Å². The smallest absolute Gasteiger partial charge is 0.283 e. The molecule has 1 aliphatic heterocycles. The number of rotatable bonds is 1. The highest BCUT2D eigenvalue weighted by Gasteiger charge is 2.27. The molecule has 5 heteroatoms. The minimum Gasteiger partial charge on any atom is -0.372 e. The number of nitrogens with zero attached hydrogens (tertiary/aromatic N) is 2. The van der Waals surface area contributed by atoms with Crippen molar-refractivity contribution in [2.75, 3.05) is 13.1 Å². The quantitative estimate of drug-likeness (QED) is 0.726. The molecule has 1 amide bonds. The minimum atomic E-state index is 0.0204. The molecule has 1 aromatic heterocycles. The van der Waals surface area contributed by atoms with Gasteiger partial charge in [0.05, 0.1) is 12.2 Å². The zero-order chi connectivity index (χ0) is 10.8. The van der Waals surface area contributed by atoms with E-state index in [4.69, 9.17) is 4.74 Å². The summed E-state index contributed by atoms with van der Waals surface area (Å²) >= 11 is 1.38. The standard InChI is InChI=1S/C10H14N2O2S/c1-7-5-12(6-8(2)14-7)10(13)9-11-3-4-15-9/h3-4,7-8H,5-6H2,1-2H3. The SMILES string of the molecule is CC1CN(C(=O)c2nccs2)CC(C)O1. The van der Waals surface area contributed by atoms with Crippen LogP contribution in [0.1, 0.15) is 23.6 Å². The maximum absolute atomic E-state index is 12.0. The summed E-state index contributed by atoms with van der Waals surface area (Å²) in [7, 11) is 0. The number of morpholine rings is 1. The summed E-state index contributed by atoms with van der Waals surface area (Å²) in [6.07, 6.45) is 1.88. The lowest BCUT2D eigenvalue weighted by Crippen LogP contribution is -2.48. The van der Waals surface area contributed by atoms with Crippen LogP contribution in [0.3, 0.4) is 0 Å². The molecule has 1 aliphatic rings. The summed E-state index contributed by atoms with van der Waals surface area (Å²) in [6, 6.07) is 0. The second-order valence-corrected chi connectivity index (χ2v) is 4.70. The number of aromatic nitrogens is 1. The van der Waals surface area contributed by atoms with E-state index in [1.807, 2.05) is 24.1 Å². The Kier molecular flexibility index (Phi) is 3.02. The van der Waals surface area contributed by atoms with Crippen LogP contribution in [-0.2, 0) is 4.74 Å². The molecule has 1 saturated heterocycles. The summed E-state index contributed by atoms with van der Waals surface area (Å²) in [5, 5.41) is 2.39. The average Bonchev–Trinajstić information content (AvgIpc) is 2.67. The molecule has 2 atom stereocenters. The molecule has 4 nitrogen and oxygen atoms in total. The van der Waals surface area contributed by atoms with E-state index in [9.17, 15) is 4.79 Å². The molecule has 2 heterocycles. The predicted octanol–water partition coefficient (Wildman–Crippen LogP) is 1.39. The Morgan fingerprint density at radius 1 is 1.53 bits per heavy atom. The number of ether oxygens (including phenoxy) is 1. The Bertz CT molecular complexity index is 329. The van der Waals surface area contributed by atoms with Crippen molar-refractivity contribution in [1.82, 2.24) is 9.88 Å². The van der Waals surface area contributed by atoms with Gasteiger partial charge in [-0.3, -0.25) is 4.79 Å². The number of hydrogen-bond donors (Lipinski definition) is 0. The fourth-order valence-electron chi connectivity index (χ4n) is 1.81. The van der Waals surface area contributed by atoms with Crippen LogP contribution in [0.4, 0.5) is 0 Å². The van der Waals surface area contributed by atoms with Gasteiger partial charge in [-0.2, -0.15) is 0 Å². The maximum Gasteiger partial charge on any atom is 0.283 e. The Balaban J connectivity index is 2.07. The lowest BCUT2D eigenvalue weighted by atomic mass is 10.2. The largest absolute Gasteiger partial charge is 0.372 e. The molecule has 0 radical (unpaired) electrons. The zero-order valence-corrected chi connectivity index (χ0v) is 9.66. The van der Waals surface area contributed by atoms with Crippen LogP contribution >= 0.6 is 11.3 Å². The molecule has 0 saturated carbocycles. The number of thiazole rings is 1. The van der Waals surface area contributed by atoms with E-state index >= 15 is 0 Å². The van der Waals surface area contributed by atoms with Crippen molar-refractivity contribution in [1.29, 1.82) is 0 Å². The molecule has 2 unspecified atom stereocenters. The minimum absolute atomic E-state index is 0.0204. The van der Waals surface area contributed by atoms with Crippen LogP contribution in [0.15, 0.2) is 11.6 Å². The van der Waals surface area contributed by atoms with Crippen LogP contribution < -0.4 is 0 Å². The molecular weight excluding hydrogens is 212 g/mol. The second kappa shape index (κ2) is 4.28. The third kappa shape index (κ3) is 2.35. The summed E-state index contributed by atoms with van der Waals surface area (Å²) in [6.45, 7) is 5.28. The molecule has 0 spiro atoms. The van der Waals surface area contributed by atoms with E-state index in [1.54, 1.807) is 6.20 Å². The number of hydrogen-bond acceptors (Lipinski definition) is 4. The summed E-state index contributed by atoms with van der Waals surface area (Å²) in [5.41, 5.74) is 0. The van der Waals surface area contributed by atoms with Crippen LogP contribution in [0.5, 0.6) is 0 Å². The van der Waals surface area contributed by atoms with Crippen molar-refractivity contribution >= 4 is 17.2 Å². The van der Waals surface area contributed by atoms with Gasteiger partial charge in [0.25, 0.3) is 5.91 Å². The second-order valence-electron chi connectivity index (χ2n) is 3.80. The molecule has 0 aliphatic carbocycles.